The van der Waals surface area contributed by atoms with Gasteiger partial charge >= 0.3 is 0 Å². The molecule has 0 bridgehead atoms. The fraction of sp³-hybridized carbons (Fsp3) is 0.350. The highest BCUT2D eigenvalue weighted by atomic mass is 35.5. The standard InChI is InChI=1S/C20H21Cl2N3O3S/c1-11-16-19(28-3)24-15(10-27-2)25-20(16)29-17(11)18(26)23-8-4-5-12-6-7-13(21)14(22)9-12/h6-7,9H,4-5,8,10H2,1-3H3,(H,23,26). The minimum Gasteiger partial charge on any atom is -0.480 e. The van der Waals surface area contributed by atoms with Crippen molar-refractivity contribution in [3.63, 3.8) is 0 Å². The first-order chi connectivity index (χ1) is 13.9. The van der Waals surface area contributed by atoms with Gasteiger partial charge in [0, 0.05) is 13.7 Å². The van der Waals surface area contributed by atoms with Gasteiger partial charge in [0.2, 0.25) is 5.88 Å². The lowest BCUT2D eigenvalue weighted by Gasteiger charge is -2.06. The van der Waals surface area contributed by atoms with Gasteiger partial charge in [0.1, 0.15) is 11.4 Å². The van der Waals surface area contributed by atoms with E-state index in [1.54, 1.807) is 20.3 Å². The molecule has 3 rings (SSSR count). The molecule has 9 heteroatoms. The Labute approximate surface area is 183 Å². The van der Waals surface area contributed by atoms with Gasteiger partial charge < -0.3 is 14.8 Å². The molecular weight excluding hydrogens is 433 g/mol. The zero-order chi connectivity index (χ0) is 21.0. The van der Waals surface area contributed by atoms with E-state index in [-0.39, 0.29) is 12.5 Å². The Hall–Kier alpha value is -1.93. The van der Waals surface area contributed by atoms with E-state index < -0.39 is 0 Å². The molecule has 1 aromatic carbocycles. The summed E-state index contributed by atoms with van der Waals surface area (Å²) in [6, 6.07) is 5.57. The second-order valence-electron chi connectivity index (χ2n) is 6.43. The highest BCUT2D eigenvalue weighted by molar-refractivity contribution is 7.20. The van der Waals surface area contributed by atoms with E-state index in [9.17, 15) is 4.79 Å². The third kappa shape index (κ3) is 4.98. The maximum absolute atomic E-state index is 12.7. The number of carbonyl (C=O) groups is 1. The number of fused-ring (bicyclic) bond motifs is 1. The van der Waals surface area contributed by atoms with E-state index in [1.807, 2.05) is 19.1 Å². The number of aromatic nitrogens is 2. The average Bonchev–Trinajstić information content (AvgIpc) is 3.04. The molecule has 1 amide bonds. The molecule has 0 saturated carbocycles. The highest BCUT2D eigenvalue weighted by Crippen LogP contribution is 2.35. The number of halogens is 2. The van der Waals surface area contributed by atoms with Crippen LogP contribution in [-0.2, 0) is 17.8 Å². The van der Waals surface area contributed by atoms with Crippen LogP contribution in [0.25, 0.3) is 10.2 Å². The van der Waals surface area contributed by atoms with Crippen LogP contribution < -0.4 is 10.1 Å². The molecule has 0 atom stereocenters. The van der Waals surface area contributed by atoms with Crippen molar-refractivity contribution in [2.75, 3.05) is 20.8 Å². The van der Waals surface area contributed by atoms with Crippen LogP contribution in [0, 0.1) is 6.92 Å². The van der Waals surface area contributed by atoms with E-state index in [4.69, 9.17) is 32.7 Å². The van der Waals surface area contributed by atoms with Crippen LogP contribution in [-0.4, -0.2) is 36.6 Å². The molecule has 154 valence electrons. The SMILES string of the molecule is COCc1nc(OC)c2c(C)c(C(=O)NCCCc3ccc(Cl)c(Cl)c3)sc2n1. The quantitative estimate of drug-likeness (QED) is 0.494. The first kappa shape index (κ1) is 21.8. The van der Waals surface area contributed by atoms with Gasteiger partial charge in [-0.15, -0.1) is 11.3 Å². The zero-order valence-electron chi connectivity index (χ0n) is 16.3. The van der Waals surface area contributed by atoms with E-state index in [0.29, 0.717) is 38.0 Å². The molecule has 0 radical (unpaired) electrons. The number of amides is 1. The summed E-state index contributed by atoms with van der Waals surface area (Å²) in [6.07, 6.45) is 1.58. The second-order valence-corrected chi connectivity index (χ2v) is 8.24. The molecule has 0 aliphatic heterocycles. The number of aryl methyl sites for hydroxylation is 2. The molecular formula is C20H21Cl2N3O3S. The molecule has 0 spiro atoms. The molecule has 6 nitrogen and oxygen atoms in total. The molecule has 0 aliphatic rings. The number of benzene rings is 1. The van der Waals surface area contributed by atoms with Crippen molar-refractivity contribution in [1.82, 2.24) is 15.3 Å². The lowest BCUT2D eigenvalue weighted by atomic mass is 10.1. The molecule has 0 aliphatic carbocycles. The van der Waals surface area contributed by atoms with Crippen LogP contribution in [0.3, 0.4) is 0 Å². The zero-order valence-corrected chi connectivity index (χ0v) is 18.7. The molecule has 3 aromatic rings. The Kier molecular flexibility index (Phi) is 7.29. The molecule has 29 heavy (non-hydrogen) atoms. The van der Waals surface area contributed by atoms with Gasteiger partial charge in [-0.1, -0.05) is 29.3 Å². The lowest BCUT2D eigenvalue weighted by molar-refractivity contribution is 0.0957. The topological polar surface area (TPSA) is 73.3 Å². The van der Waals surface area contributed by atoms with Crippen molar-refractivity contribution < 1.29 is 14.3 Å². The summed E-state index contributed by atoms with van der Waals surface area (Å²) in [5.41, 5.74) is 1.89. The Morgan fingerprint density at radius 3 is 2.69 bits per heavy atom. The van der Waals surface area contributed by atoms with Gasteiger partial charge in [0.05, 0.1) is 27.4 Å². The third-order valence-corrected chi connectivity index (χ3v) is 6.31. The summed E-state index contributed by atoms with van der Waals surface area (Å²) in [7, 11) is 3.13. The Balaban J connectivity index is 1.68. The molecule has 2 heterocycles. The van der Waals surface area contributed by atoms with E-state index in [2.05, 4.69) is 15.3 Å². The maximum Gasteiger partial charge on any atom is 0.261 e. The van der Waals surface area contributed by atoms with Crippen LogP contribution in [0.4, 0.5) is 0 Å². The first-order valence-electron chi connectivity index (χ1n) is 8.99. The summed E-state index contributed by atoms with van der Waals surface area (Å²) < 4.78 is 10.5. The number of nitrogens with zero attached hydrogens (tertiary/aromatic N) is 2. The van der Waals surface area contributed by atoms with E-state index >= 15 is 0 Å². The van der Waals surface area contributed by atoms with Crippen molar-refractivity contribution in [3.05, 3.63) is 50.1 Å². The normalized spacial score (nSPS) is 11.1. The second kappa shape index (κ2) is 9.71. The fourth-order valence-electron chi connectivity index (χ4n) is 2.97. The van der Waals surface area contributed by atoms with Crippen molar-refractivity contribution in [3.8, 4) is 5.88 Å². The maximum atomic E-state index is 12.7. The Morgan fingerprint density at radius 2 is 2.00 bits per heavy atom. The average molecular weight is 454 g/mol. The van der Waals surface area contributed by atoms with Gasteiger partial charge in [-0.25, -0.2) is 4.98 Å². The third-order valence-electron chi connectivity index (χ3n) is 4.39. The number of ether oxygens (including phenoxy) is 2. The van der Waals surface area contributed by atoms with Crippen molar-refractivity contribution in [1.29, 1.82) is 0 Å². The number of methoxy groups -OCH3 is 2. The summed E-state index contributed by atoms with van der Waals surface area (Å²) in [4.78, 5) is 22.9. The number of nitrogens with one attached hydrogen (secondary N) is 1. The molecule has 0 fully saturated rings. The van der Waals surface area contributed by atoms with Crippen molar-refractivity contribution in [2.45, 2.75) is 26.4 Å². The van der Waals surface area contributed by atoms with Crippen LogP contribution in [0.2, 0.25) is 10.0 Å². The van der Waals surface area contributed by atoms with Crippen molar-refractivity contribution in [2.24, 2.45) is 0 Å². The molecule has 0 saturated heterocycles. The van der Waals surface area contributed by atoms with Crippen LogP contribution in [0.15, 0.2) is 18.2 Å². The minimum atomic E-state index is -0.130. The van der Waals surface area contributed by atoms with Gasteiger partial charge in [0.15, 0.2) is 5.82 Å². The first-order valence-corrected chi connectivity index (χ1v) is 10.6. The van der Waals surface area contributed by atoms with Crippen LogP contribution in [0.1, 0.15) is 33.0 Å². The summed E-state index contributed by atoms with van der Waals surface area (Å²) in [6.45, 7) is 2.70. The summed E-state index contributed by atoms with van der Waals surface area (Å²) >= 11 is 13.3. The van der Waals surface area contributed by atoms with Crippen molar-refractivity contribution >= 4 is 50.7 Å². The van der Waals surface area contributed by atoms with Gasteiger partial charge in [-0.3, -0.25) is 4.79 Å². The number of rotatable bonds is 8. The monoisotopic (exact) mass is 453 g/mol. The number of thiophene rings is 1. The Morgan fingerprint density at radius 1 is 1.21 bits per heavy atom. The number of hydrogen-bond donors (Lipinski definition) is 1. The lowest BCUT2D eigenvalue weighted by Crippen LogP contribution is -2.24. The fourth-order valence-corrected chi connectivity index (χ4v) is 4.40. The summed E-state index contributed by atoms with van der Waals surface area (Å²) in [5, 5.41) is 4.81. The van der Waals surface area contributed by atoms with E-state index in [1.165, 1.54) is 11.3 Å². The van der Waals surface area contributed by atoms with Gasteiger partial charge in [-0.05, 0) is 43.0 Å². The van der Waals surface area contributed by atoms with Gasteiger partial charge in [-0.2, -0.15) is 4.98 Å². The molecule has 0 unspecified atom stereocenters. The molecule has 1 N–H and O–H groups in total. The smallest absolute Gasteiger partial charge is 0.261 e. The highest BCUT2D eigenvalue weighted by Gasteiger charge is 2.21. The van der Waals surface area contributed by atoms with Crippen LogP contribution >= 0.6 is 34.5 Å². The number of hydrogen-bond acceptors (Lipinski definition) is 6. The van der Waals surface area contributed by atoms with E-state index in [0.717, 1.165) is 29.4 Å². The Bertz CT molecular complexity index is 1040. The van der Waals surface area contributed by atoms with Gasteiger partial charge in [0.25, 0.3) is 5.91 Å². The molecule has 2 aromatic heterocycles. The minimum absolute atomic E-state index is 0.130. The van der Waals surface area contributed by atoms with Crippen LogP contribution in [0.5, 0.6) is 5.88 Å². The number of carbonyl (C=O) groups excluding carboxylic acids is 1. The summed E-state index contributed by atoms with van der Waals surface area (Å²) in [5.74, 6) is 0.844. The largest absolute Gasteiger partial charge is 0.480 e. The predicted molar refractivity (Wildman–Crippen MR) is 117 cm³/mol. The predicted octanol–water partition coefficient (Wildman–Crippen LogP) is 4.82.